The highest BCUT2D eigenvalue weighted by atomic mass is 15.2. The molecule has 0 fully saturated rings. The first kappa shape index (κ1) is 39.2. The van der Waals surface area contributed by atoms with Crippen molar-refractivity contribution in [3.8, 4) is 78.9 Å². The third kappa shape index (κ3) is 6.68. The maximum absolute atomic E-state index is 5.42. The molecular weight excluding hydrogens is 827 g/mol. The number of hydrogen-bond acceptors (Lipinski definition) is 3. The summed E-state index contributed by atoms with van der Waals surface area (Å²) in [6.07, 6.45) is 0. The Morgan fingerprint density at radius 1 is 0.250 bits per heavy atom. The van der Waals surface area contributed by atoms with E-state index < -0.39 is 0 Å². The summed E-state index contributed by atoms with van der Waals surface area (Å²) < 4.78 is 4.73. The van der Waals surface area contributed by atoms with Crippen molar-refractivity contribution in [2.45, 2.75) is 0 Å². The number of para-hydroxylation sites is 2. The van der Waals surface area contributed by atoms with Crippen LogP contribution in [0.4, 0.5) is 0 Å². The first-order chi connectivity index (χ1) is 33.7. The first-order valence-corrected chi connectivity index (χ1v) is 23.0. The summed E-state index contributed by atoms with van der Waals surface area (Å²) in [5.41, 5.74) is 16.4. The van der Waals surface area contributed by atoms with Gasteiger partial charge in [-0.2, -0.15) is 9.97 Å². The van der Waals surface area contributed by atoms with Gasteiger partial charge < -0.3 is 4.57 Å². The number of fused-ring (bicyclic) bond motifs is 7. The zero-order valence-corrected chi connectivity index (χ0v) is 36.9. The van der Waals surface area contributed by atoms with E-state index in [9.17, 15) is 0 Å². The average molecular weight is 868 g/mol. The van der Waals surface area contributed by atoms with Gasteiger partial charge in [-0.15, -0.1) is 0 Å². The Labute approximate surface area is 393 Å². The zero-order chi connectivity index (χ0) is 45.0. The number of nitrogens with zero attached hydrogens (tertiary/aromatic N) is 5. The van der Waals surface area contributed by atoms with Gasteiger partial charge in [-0.05, 0) is 63.2 Å². The largest absolute Gasteiger partial charge is 0.307 e. The highest BCUT2D eigenvalue weighted by Gasteiger charge is 2.25. The van der Waals surface area contributed by atoms with Crippen molar-refractivity contribution in [1.82, 2.24) is 24.1 Å². The van der Waals surface area contributed by atoms with Crippen LogP contribution in [0.15, 0.2) is 249 Å². The van der Waals surface area contributed by atoms with Crippen LogP contribution in [0.1, 0.15) is 0 Å². The highest BCUT2D eigenvalue weighted by Crippen LogP contribution is 2.44. The monoisotopic (exact) mass is 867 g/mol. The van der Waals surface area contributed by atoms with Crippen LogP contribution in [0, 0.1) is 0 Å². The second-order valence-corrected chi connectivity index (χ2v) is 17.2. The first-order valence-electron chi connectivity index (χ1n) is 23.0. The molecule has 13 rings (SSSR count). The number of aromatic nitrogens is 5. The molecule has 0 aliphatic carbocycles. The molecule has 318 valence electrons. The molecule has 0 atom stereocenters. The van der Waals surface area contributed by atoms with Gasteiger partial charge in [0.1, 0.15) is 0 Å². The Morgan fingerprint density at radius 3 is 1.15 bits per heavy atom. The molecule has 0 spiro atoms. The summed E-state index contributed by atoms with van der Waals surface area (Å²) in [6, 6.07) is 88.2. The van der Waals surface area contributed by atoms with Crippen molar-refractivity contribution < 1.29 is 0 Å². The lowest BCUT2D eigenvalue weighted by Crippen LogP contribution is -2.07. The van der Waals surface area contributed by atoms with Gasteiger partial charge in [0.15, 0.2) is 11.6 Å². The summed E-state index contributed by atoms with van der Waals surface area (Å²) in [7, 11) is 0. The van der Waals surface area contributed by atoms with E-state index in [2.05, 4.69) is 234 Å². The third-order valence-corrected chi connectivity index (χ3v) is 13.2. The van der Waals surface area contributed by atoms with Crippen LogP contribution in [0.25, 0.3) is 123 Å². The van der Waals surface area contributed by atoms with Gasteiger partial charge >= 0.3 is 0 Å². The summed E-state index contributed by atoms with van der Waals surface area (Å²) in [5.74, 6) is 1.75. The van der Waals surface area contributed by atoms with Crippen molar-refractivity contribution in [2.75, 3.05) is 0 Å². The SMILES string of the molecule is c1ccc(-c2ccc(-c3ccc(-c4nc(-c5ccccc5)nc(-n5c6ccccc6c6ccc7c8ccccc8n(-c8ccc(-c9ccccc9)cc8-c8ccccc8)c7c65)n4)cc3)cc2)cc1. The van der Waals surface area contributed by atoms with Gasteiger partial charge in [0.05, 0.1) is 27.8 Å². The predicted molar refractivity (Wildman–Crippen MR) is 281 cm³/mol. The van der Waals surface area contributed by atoms with Crippen LogP contribution in [-0.2, 0) is 0 Å². The molecular formula is C63H41N5. The molecule has 3 aromatic heterocycles. The maximum atomic E-state index is 5.42. The third-order valence-electron chi connectivity index (χ3n) is 13.2. The topological polar surface area (TPSA) is 48.5 Å². The molecule has 68 heavy (non-hydrogen) atoms. The standard InChI is InChI=1S/C63H41N5/c1-5-17-42(18-6-1)44-29-31-45(32-30-44)46-33-35-49(36-34-46)62-64-61(48-23-11-4-12-24-48)65-63(66-62)68-57-28-16-14-26-52(57)54-39-38-53-51-25-13-15-27-56(51)67(59(53)60(54)68)58-40-37-50(43-19-7-2-8-20-43)41-55(58)47-21-9-3-10-22-47/h1-41H. The molecule has 0 aliphatic rings. The lowest BCUT2D eigenvalue weighted by atomic mass is 9.97. The molecule has 10 aromatic carbocycles. The molecule has 0 aliphatic heterocycles. The van der Waals surface area contributed by atoms with Crippen molar-refractivity contribution >= 4 is 43.6 Å². The minimum atomic E-state index is 0.549. The van der Waals surface area contributed by atoms with Gasteiger partial charge in [0.25, 0.3) is 0 Å². The molecule has 13 aromatic rings. The lowest BCUT2D eigenvalue weighted by Gasteiger charge is -2.17. The molecule has 0 N–H and O–H groups in total. The Morgan fingerprint density at radius 2 is 0.618 bits per heavy atom. The van der Waals surface area contributed by atoms with Gasteiger partial charge in [-0.3, -0.25) is 4.57 Å². The van der Waals surface area contributed by atoms with E-state index >= 15 is 0 Å². The highest BCUT2D eigenvalue weighted by molar-refractivity contribution is 6.24. The number of benzene rings is 10. The molecule has 0 saturated carbocycles. The van der Waals surface area contributed by atoms with E-state index in [0.717, 1.165) is 82.9 Å². The van der Waals surface area contributed by atoms with E-state index in [1.807, 2.05) is 24.3 Å². The molecule has 0 amide bonds. The molecule has 0 bridgehead atoms. The minimum absolute atomic E-state index is 0.549. The van der Waals surface area contributed by atoms with Crippen LogP contribution >= 0.6 is 0 Å². The van der Waals surface area contributed by atoms with Crippen molar-refractivity contribution in [1.29, 1.82) is 0 Å². The summed E-state index contributed by atoms with van der Waals surface area (Å²) >= 11 is 0. The quantitative estimate of drug-likeness (QED) is 0.153. The van der Waals surface area contributed by atoms with Gasteiger partial charge in [0, 0.05) is 38.2 Å². The molecule has 5 heteroatoms. The smallest absolute Gasteiger partial charge is 0.238 e. The van der Waals surface area contributed by atoms with Crippen molar-refractivity contribution in [3.63, 3.8) is 0 Å². The molecule has 3 heterocycles. The van der Waals surface area contributed by atoms with E-state index in [1.165, 1.54) is 22.1 Å². The van der Waals surface area contributed by atoms with Crippen LogP contribution in [0.3, 0.4) is 0 Å². The predicted octanol–water partition coefficient (Wildman–Crippen LogP) is 16.1. The zero-order valence-electron chi connectivity index (χ0n) is 36.9. The second kappa shape index (κ2) is 16.4. The summed E-state index contributed by atoms with van der Waals surface area (Å²) in [4.78, 5) is 16.0. The maximum Gasteiger partial charge on any atom is 0.238 e. The fraction of sp³-hybridized carbons (Fsp3) is 0. The molecule has 0 radical (unpaired) electrons. The second-order valence-electron chi connectivity index (χ2n) is 17.2. The number of rotatable bonds is 8. The van der Waals surface area contributed by atoms with Gasteiger partial charge in [0.2, 0.25) is 5.95 Å². The Balaban J connectivity index is 1.05. The van der Waals surface area contributed by atoms with E-state index in [1.54, 1.807) is 0 Å². The molecule has 5 nitrogen and oxygen atoms in total. The normalized spacial score (nSPS) is 11.5. The lowest BCUT2D eigenvalue weighted by molar-refractivity contribution is 0.953. The minimum Gasteiger partial charge on any atom is -0.307 e. The Hall–Kier alpha value is -9.19. The van der Waals surface area contributed by atoms with Crippen LogP contribution in [-0.4, -0.2) is 24.1 Å². The van der Waals surface area contributed by atoms with Crippen molar-refractivity contribution in [2.24, 2.45) is 0 Å². The molecule has 0 unspecified atom stereocenters. The molecule has 0 saturated heterocycles. The fourth-order valence-electron chi connectivity index (χ4n) is 9.96. The van der Waals surface area contributed by atoms with E-state index in [0.29, 0.717) is 17.6 Å². The van der Waals surface area contributed by atoms with Crippen LogP contribution < -0.4 is 0 Å². The Kier molecular flexibility index (Phi) is 9.43. The number of hydrogen-bond donors (Lipinski definition) is 0. The average Bonchev–Trinajstić information content (AvgIpc) is 3.95. The Bertz CT molecular complexity index is 3970. The van der Waals surface area contributed by atoms with E-state index in [4.69, 9.17) is 15.0 Å². The van der Waals surface area contributed by atoms with Crippen LogP contribution in [0.5, 0.6) is 0 Å². The fourth-order valence-corrected chi connectivity index (χ4v) is 9.96. The van der Waals surface area contributed by atoms with E-state index in [-0.39, 0.29) is 0 Å². The van der Waals surface area contributed by atoms with Gasteiger partial charge in [-0.1, -0.05) is 224 Å². The summed E-state index contributed by atoms with van der Waals surface area (Å²) in [5, 5.41) is 4.55. The van der Waals surface area contributed by atoms with Crippen LogP contribution in [0.2, 0.25) is 0 Å². The van der Waals surface area contributed by atoms with Crippen molar-refractivity contribution in [3.05, 3.63) is 249 Å². The summed E-state index contributed by atoms with van der Waals surface area (Å²) in [6.45, 7) is 0. The van der Waals surface area contributed by atoms with Gasteiger partial charge in [-0.25, -0.2) is 4.98 Å².